The molecule has 19 heavy (non-hydrogen) atoms. The lowest BCUT2D eigenvalue weighted by Gasteiger charge is -2.14. The molecule has 1 saturated carbocycles. The van der Waals surface area contributed by atoms with Crippen LogP contribution < -0.4 is 14.8 Å². The lowest BCUT2D eigenvalue weighted by Crippen LogP contribution is -2.15. The Morgan fingerprint density at radius 1 is 1.26 bits per heavy atom. The molecule has 1 aromatic rings. The maximum absolute atomic E-state index is 5.71. The third-order valence-electron chi connectivity index (χ3n) is 3.35. The summed E-state index contributed by atoms with van der Waals surface area (Å²) in [5.74, 6) is 2.62. The van der Waals surface area contributed by atoms with Crippen LogP contribution >= 0.6 is 0 Å². The third-order valence-corrected chi connectivity index (χ3v) is 3.35. The molecule has 1 aromatic carbocycles. The van der Waals surface area contributed by atoms with E-state index in [1.54, 1.807) is 7.11 Å². The summed E-state index contributed by atoms with van der Waals surface area (Å²) in [6.45, 7) is 6.04. The molecule has 0 unspecified atom stereocenters. The van der Waals surface area contributed by atoms with Crippen LogP contribution in [-0.4, -0.2) is 19.8 Å². The Morgan fingerprint density at radius 3 is 2.68 bits per heavy atom. The van der Waals surface area contributed by atoms with Crippen molar-refractivity contribution in [1.82, 2.24) is 5.32 Å². The van der Waals surface area contributed by atoms with Crippen molar-refractivity contribution in [3.8, 4) is 11.5 Å². The Hall–Kier alpha value is -1.22. The average Bonchev–Trinajstić information content (AvgIpc) is 3.19. The van der Waals surface area contributed by atoms with Crippen LogP contribution in [0.25, 0.3) is 0 Å². The maximum Gasteiger partial charge on any atom is 0.161 e. The number of ether oxygens (including phenoxy) is 2. The van der Waals surface area contributed by atoms with Gasteiger partial charge in [-0.15, -0.1) is 0 Å². The van der Waals surface area contributed by atoms with Gasteiger partial charge in [-0.2, -0.15) is 0 Å². The number of rotatable bonds is 8. The van der Waals surface area contributed by atoms with E-state index in [9.17, 15) is 0 Å². The van der Waals surface area contributed by atoms with E-state index in [1.165, 1.54) is 24.8 Å². The summed E-state index contributed by atoms with van der Waals surface area (Å²) in [7, 11) is 1.69. The highest BCUT2D eigenvalue weighted by Crippen LogP contribution is 2.32. The Balaban J connectivity index is 1.85. The average molecular weight is 263 g/mol. The zero-order valence-electron chi connectivity index (χ0n) is 12.2. The van der Waals surface area contributed by atoms with Crippen molar-refractivity contribution in [3.05, 3.63) is 23.8 Å². The normalized spacial score (nSPS) is 14.7. The first-order valence-corrected chi connectivity index (χ1v) is 7.23. The van der Waals surface area contributed by atoms with Crippen LogP contribution in [0, 0.1) is 5.92 Å². The first kappa shape index (κ1) is 14.2. The molecule has 3 heteroatoms. The van der Waals surface area contributed by atoms with Crippen molar-refractivity contribution in [2.45, 2.75) is 45.8 Å². The third kappa shape index (κ3) is 4.75. The smallest absolute Gasteiger partial charge is 0.161 e. The van der Waals surface area contributed by atoms with E-state index >= 15 is 0 Å². The van der Waals surface area contributed by atoms with E-state index in [0.29, 0.717) is 0 Å². The van der Waals surface area contributed by atoms with Gasteiger partial charge in [0.25, 0.3) is 0 Å². The molecule has 1 aliphatic rings. The maximum atomic E-state index is 5.71. The molecule has 3 nitrogen and oxygen atoms in total. The van der Waals surface area contributed by atoms with Gasteiger partial charge < -0.3 is 14.8 Å². The Bertz CT molecular complexity index is 400. The van der Waals surface area contributed by atoms with Crippen LogP contribution in [-0.2, 0) is 6.54 Å². The van der Waals surface area contributed by atoms with E-state index in [-0.39, 0.29) is 6.10 Å². The molecule has 0 bridgehead atoms. The summed E-state index contributed by atoms with van der Waals surface area (Å²) in [6.07, 6.45) is 4.33. The fourth-order valence-corrected chi connectivity index (χ4v) is 2.12. The lowest BCUT2D eigenvalue weighted by molar-refractivity contribution is 0.230. The van der Waals surface area contributed by atoms with Crippen LogP contribution in [0.3, 0.4) is 0 Å². The largest absolute Gasteiger partial charge is 0.493 e. The minimum absolute atomic E-state index is 0.163. The molecule has 0 aliphatic heterocycles. The van der Waals surface area contributed by atoms with Crippen molar-refractivity contribution in [2.75, 3.05) is 13.7 Å². The summed E-state index contributed by atoms with van der Waals surface area (Å²) < 4.78 is 11.1. The van der Waals surface area contributed by atoms with Gasteiger partial charge in [-0.05, 0) is 50.4 Å². The van der Waals surface area contributed by atoms with Crippen LogP contribution in [0.2, 0.25) is 0 Å². The Morgan fingerprint density at radius 2 is 2.05 bits per heavy atom. The molecule has 1 fully saturated rings. The second-order valence-corrected chi connectivity index (χ2v) is 5.56. The number of methoxy groups -OCH3 is 1. The van der Waals surface area contributed by atoms with Gasteiger partial charge in [-0.25, -0.2) is 0 Å². The van der Waals surface area contributed by atoms with E-state index < -0.39 is 0 Å². The van der Waals surface area contributed by atoms with Crippen molar-refractivity contribution >= 4 is 0 Å². The second kappa shape index (κ2) is 6.80. The molecule has 1 N–H and O–H groups in total. The first-order chi connectivity index (χ1) is 9.19. The quantitative estimate of drug-likeness (QED) is 0.729. The second-order valence-electron chi connectivity index (χ2n) is 5.56. The highest BCUT2D eigenvalue weighted by molar-refractivity contribution is 5.43. The summed E-state index contributed by atoms with van der Waals surface area (Å²) in [5.41, 5.74) is 1.24. The van der Waals surface area contributed by atoms with Gasteiger partial charge in [0.15, 0.2) is 11.5 Å². The van der Waals surface area contributed by atoms with Crippen molar-refractivity contribution < 1.29 is 9.47 Å². The van der Waals surface area contributed by atoms with Gasteiger partial charge in [0, 0.05) is 6.54 Å². The predicted octanol–water partition coefficient (Wildman–Crippen LogP) is 3.37. The molecule has 0 amide bonds. The SMILES string of the molecule is COc1cc(CNCCC2CC2)ccc1OC(C)C. The monoisotopic (exact) mass is 263 g/mol. The Labute approximate surface area is 116 Å². The zero-order valence-corrected chi connectivity index (χ0v) is 12.2. The minimum atomic E-state index is 0.163. The van der Waals surface area contributed by atoms with Crippen LogP contribution in [0.4, 0.5) is 0 Å². The highest BCUT2D eigenvalue weighted by atomic mass is 16.5. The van der Waals surface area contributed by atoms with E-state index in [0.717, 1.165) is 30.5 Å². The predicted molar refractivity (Wildman–Crippen MR) is 77.8 cm³/mol. The topological polar surface area (TPSA) is 30.5 Å². The van der Waals surface area contributed by atoms with Crippen LogP contribution in [0.15, 0.2) is 18.2 Å². The molecular weight excluding hydrogens is 238 g/mol. The van der Waals surface area contributed by atoms with Gasteiger partial charge in [0.2, 0.25) is 0 Å². The summed E-state index contributed by atoms with van der Waals surface area (Å²) >= 11 is 0. The first-order valence-electron chi connectivity index (χ1n) is 7.23. The van der Waals surface area contributed by atoms with Gasteiger partial charge in [-0.1, -0.05) is 18.9 Å². The number of hydrogen-bond acceptors (Lipinski definition) is 3. The molecule has 0 radical (unpaired) electrons. The summed E-state index contributed by atoms with van der Waals surface area (Å²) in [5, 5.41) is 3.49. The van der Waals surface area contributed by atoms with Crippen LogP contribution in [0.5, 0.6) is 11.5 Å². The fourth-order valence-electron chi connectivity index (χ4n) is 2.12. The molecule has 106 valence electrons. The van der Waals surface area contributed by atoms with Crippen molar-refractivity contribution in [1.29, 1.82) is 0 Å². The molecule has 0 saturated heterocycles. The molecule has 0 spiro atoms. The van der Waals surface area contributed by atoms with Crippen molar-refractivity contribution in [3.63, 3.8) is 0 Å². The number of hydrogen-bond donors (Lipinski definition) is 1. The van der Waals surface area contributed by atoms with Crippen LogP contribution in [0.1, 0.15) is 38.7 Å². The fraction of sp³-hybridized carbons (Fsp3) is 0.625. The van der Waals surface area contributed by atoms with Gasteiger partial charge in [0.1, 0.15) is 0 Å². The minimum Gasteiger partial charge on any atom is -0.493 e. The van der Waals surface area contributed by atoms with E-state index in [2.05, 4.69) is 17.4 Å². The number of benzene rings is 1. The van der Waals surface area contributed by atoms with E-state index in [4.69, 9.17) is 9.47 Å². The van der Waals surface area contributed by atoms with E-state index in [1.807, 2.05) is 19.9 Å². The summed E-state index contributed by atoms with van der Waals surface area (Å²) in [6, 6.07) is 6.16. The van der Waals surface area contributed by atoms with Gasteiger partial charge >= 0.3 is 0 Å². The summed E-state index contributed by atoms with van der Waals surface area (Å²) in [4.78, 5) is 0. The molecular formula is C16H25NO2. The van der Waals surface area contributed by atoms with Gasteiger partial charge in [0.05, 0.1) is 13.2 Å². The number of nitrogens with one attached hydrogen (secondary N) is 1. The zero-order chi connectivity index (χ0) is 13.7. The molecule has 0 atom stereocenters. The highest BCUT2D eigenvalue weighted by Gasteiger charge is 2.19. The van der Waals surface area contributed by atoms with Crippen molar-refractivity contribution in [2.24, 2.45) is 5.92 Å². The Kier molecular flexibility index (Phi) is 5.08. The molecule has 0 heterocycles. The van der Waals surface area contributed by atoms with Gasteiger partial charge in [-0.3, -0.25) is 0 Å². The molecule has 2 rings (SSSR count). The molecule has 0 aromatic heterocycles. The lowest BCUT2D eigenvalue weighted by atomic mass is 10.2. The standard InChI is InChI=1S/C16H25NO2/c1-12(2)19-15-7-6-14(10-16(15)18-3)11-17-9-8-13-4-5-13/h6-7,10,12-13,17H,4-5,8-9,11H2,1-3H3. The molecule has 1 aliphatic carbocycles.